The number of hydrogen-bond donors (Lipinski definition) is 2. The SMILES string of the molecule is CN(CCC1CCCC1(NC1CC1)C(=O)O)CC(F)(F)F. The van der Waals surface area contributed by atoms with Gasteiger partial charge in [0.05, 0.1) is 6.54 Å². The largest absolute Gasteiger partial charge is 0.480 e. The van der Waals surface area contributed by atoms with Gasteiger partial charge in [0, 0.05) is 6.04 Å². The van der Waals surface area contributed by atoms with E-state index in [0.29, 0.717) is 12.8 Å². The zero-order valence-corrected chi connectivity index (χ0v) is 12.2. The predicted molar refractivity (Wildman–Crippen MR) is 72.0 cm³/mol. The summed E-state index contributed by atoms with van der Waals surface area (Å²) in [5.74, 6) is -0.943. The third kappa shape index (κ3) is 4.32. The van der Waals surface area contributed by atoms with Gasteiger partial charge in [0.1, 0.15) is 5.54 Å². The van der Waals surface area contributed by atoms with Crippen molar-refractivity contribution >= 4 is 5.97 Å². The summed E-state index contributed by atoms with van der Waals surface area (Å²) in [4.78, 5) is 12.9. The van der Waals surface area contributed by atoms with Gasteiger partial charge in [0.15, 0.2) is 0 Å². The Kier molecular flexibility index (Phi) is 4.82. The Labute approximate surface area is 122 Å². The van der Waals surface area contributed by atoms with Gasteiger partial charge >= 0.3 is 12.1 Å². The van der Waals surface area contributed by atoms with E-state index in [2.05, 4.69) is 5.32 Å². The standard InChI is InChI=1S/C14H23F3N2O2/c1-19(9-14(15,16)17)8-6-10-3-2-7-13(10,12(20)21)18-11-4-5-11/h10-11,18H,2-9H2,1H3,(H,20,21). The Hall–Kier alpha value is -0.820. The van der Waals surface area contributed by atoms with Crippen LogP contribution in [-0.4, -0.2) is 53.9 Å². The number of rotatable bonds is 7. The van der Waals surface area contributed by atoms with Crippen LogP contribution in [0.4, 0.5) is 13.2 Å². The summed E-state index contributed by atoms with van der Waals surface area (Å²) in [6.45, 7) is -0.679. The van der Waals surface area contributed by atoms with E-state index in [-0.39, 0.29) is 18.5 Å². The molecule has 0 aromatic carbocycles. The first-order valence-electron chi connectivity index (χ1n) is 7.49. The van der Waals surface area contributed by atoms with Gasteiger partial charge in [-0.05, 0) is 51.6 Å². The van der Waals surface area contributed by atoms with Crippen LogP contribution in [0, 0.1) is 5.92 Å². The molecular formula is C14H23F3N2O2. The molecular weight excluding hydrogens is 285 g/mol. The topological polar surface area (TPSA) is 52.6 Å². The van der Waals surface area contributed by atoms with Crippen molar-refractivity contribution in [3.63, 3.8) is 0 Å². The molecule has 21 heavy (non-hydrogen) atoms. The van der Waals surface area contributed by atoms with Crippen LogP contribution in [0.3, 0.4) is 0 Å². The van der Waals surface area contributed by atoms with E-state index in [1.165, 1.54) is 11.9 Å². The molecule has 0 amide bonds. The van der Waals surface area contributed by atoms with Crippen LogP contribution in [0.15, 0.2) is 0 Å². The second kappa shape index (κ2) is 6.12. The van der Waals surface area contributed by atoms with Crippen molar-refractivity contribution in [2.45, 2.75) is 56.3 Å². The summed E-state index contributed by atoms with van der Waals surface area (Å²) in [5.41, 5.74) is -0.930. The van der Waals surface area contributed by atoms with E-state index in [1.807, 2.05) is 0 Å². The highest BCUT2D eigenvalue weighted by molar-refractivity contribution is 5.80. The summed E-state index contributed by atoms with van der Waals surface area (Å²) < 4.78 is 37.0. The molecule has 2 saturated carbocycles. The molecule has 2 atom stereocenters. The Morgan fingerprint density at radius 1 is 1.38 bits per heavy atom. The minimum Gasteiger partial charge on any atom is -0.480 e. The molecule has 2 N–H and O–H groups in total. The van der Waals surface area contributed by atoms with Gasteiger partial charge in [-0.1, -0.05) is 6.42 Å². The van der Waals surface area contributed by atoms with Crippen molar-refractivity contribution in [1.82, 2.24) is 10.2 Å². The number of aliphatic carboxylic acids is 1. The number of alkyl halides is 3. The maximum Gasteiger partial charge on any atom is 0.401 e. The smallest absolute Gasteiger partial charge is 0.401 e. The van der Waals surface area contributed by atoms with Crippen molar-refractivity contribution in [3.8, 4) is 0 Å². The molecule has 0 aliphatic heterocycles. The van der Waals surface area contributed by atoms with Gasteiger partial charge in [-0.25, -0.2) is 0 Å². The Bertz CT molecular complexity index is 385. The van der Waals surface area contributed by atoms with E-state index < -0.39 is 24.2 Å². The van der Waals surface area contributed by atoms with Crippen molar-refractivity contribution in [3.05, 3.63) is 0 Å². The summed E-state index contributed by atoms with van der Waals surface area (Å²) in [7, 11) is 1.43. The maximum atomic E-state index is 12.3. The lowest BCUT2D eigenvalue weighted by atomic mass is 9.84. The van der Waals surface area contributed by atoms with Gasteiger partial charge in [-0.3, -0.25) is 15.0 Å². The van der Waals surface area contributed by atoms with Crippen molar-refractivity contribution in [2.75, 3.05) is 20.1 Å². The quantitative estimate of drug-likeness (QED) is 0.757. The number of hydrogen-bond acceptors (Lipinski definition) is 3. The van der Waals surface area contributed by atoms with Crippen LogP contribution in [0.1, 0.15) is 38.5 Å². The molecule has 2 aliphatic rings. The summed E-state index contributed by atoms with van der Waals surface area (Å²) >= 11 is 0. The fraction of sp³-hybridized carbons (Fsp3) is 0.929. The summed E-state index contributed by atoms with van der Waals surface area (Å²) in [6.07, 6.45) is 0.433. The van der Waals surface area contributed by atoms with Gasteiger partial charge in [0.25, 0.3) is 0 Å². The normalized spacial score (nSPS) is 30.0. The second-order valence-electron chi connectivity index (χ2n) is 6.43. The number of nitrogens with one attached hydrogen (secondary N) is 1. The Balaban J connectivity index is 1.92. The number of carboxylic acids is 1. The van der Waals surface area contributed by atoms with Crippen molar-refractivity contribution < 1.29 is 23.1 Å². The third-order valence-corrected chi connectivity index (χ3v) is 4.55. The average Bonchev–Trinajstić information content (AvgIpc) is 3.03. The molecule has 0 saturated heterocycles. The van der Waals surface area contributed by atoms with Gasteiger partial charge in [-0.2, -0.15) is 13.2 Å². The van der Waals surface area contributed by atoms with Gasteiger partial charge < -0.3 is 5.11 Å². The molecule has 7 heteroatoms. The highest BCUT2D eigenvalue weighted by Crippen LogP contribution is 2.40. The molecule has 0 bridgehead atoms. The zero-order valence-electron chi connectivity index (χ0n) is 12.2. The Morgan fingerprint density at radius 3 is 2.57 bits per heavy atom. The number of carbonyl (C=O) groups is 1. The summed E-state index contributed by atoms with van der Waals surface area (Å²) in [5, 5.41) is 12.9. The van der Waals surface area contributed by atoms with Gasteiger partial charge in [0.2, 0.25) is 0 Å². The molecule has 0 spiro atoms. The van der Waals surface area contributed by atoms with Crippen LogP contribution in [0.5, 0.6) is 0 Å². The van der Waals surface area contributed by atoms with E-state index in [9.17, 15) is 23.1 Å². The first-order valence-corrected chi connectivity index (χ1v) is 7.49. The Morgan fingerprint density at radius 2 is 2.05 bits per heavy atom. The fourth-order valence-electron chi connectivity index (χ4n) is 3.36. The van der Waals surface area contributed by atoms with E-state index in [4.69, 9.17) is 0 Å². The molecule has 2 rings (SSSR count). The van der Waals surface area contributed by atoms with E-state index in [0.717, 1.165) is 25.7 Å². The highest BCUT2D eigenvalue weighted by Gasteiger charge is 2.51. The lowest BCUT2D eigenvalue weighted by Gasteiger charge is -2.33. The van der Waals surface area contributed by atoms with Gasteiger partial charge in [-0.15, -0.1) is 0 Å². The monoisotopic (exact) mass is 308 g/mol. The van der Waals surface area contributed by atoms with E-state index >= 15 is 0 Å². The average molecular weight is 308 g/mol. The number of nitrogens with zero attached hydrogens (tertiary/aromatic N) is 1. The lowest BCUT2D eigenvalue weighted by molar-refractivity contribution is -0.148. The molecule has 2 unspecified atom stereocenters. The summed E-state index contributed by atoms with van der Waals surface area (Å²) in [6, 6.07) is 0.273. The molecule has 2 fully saturated rings. The van der Waals surface area contributed by atoms with Crippen LogP contribution in [0.25, 0.3) is 0 Å². The maximum absolute atomic E-state index is 12.3. The van der Waals surface area contributed by atoms with Crippen LogP contribution in [-0.2, 0) is 4.79 Å². The van der Waals surface area contributed by atoms with Crippen LogP contribution in [0.2, 0.25) is 0 Å². The second-order valence-corrected chi connectivity index (χ2v) is 6.43. The van der Waals surface area contributed by atoms with E-state index in [1.54, 1.807) is 0 Å². The predicted octanol–water partition coefficient (Wildman–Crippen LogP) is 2.25. The molecule has 4 nitrogen and oxygen atoms in total. The molecule has 0 aromatic rings. The minimum atomic E-state index is -4.21. The van der Waals surface area contributed by atoms with Crippen molar-refractivity contribution in [1.29, 1.82) is 0 Å². The van der Waals surface area contributed by atoms with Crippen LogP contribution < -0.4 is 5.32 Å². The first-order chi connectivity index (χ1) is 9.73. The number of halogens is 3. The van der Waals surface area contributed by atoms with Crippen molar-refractivity contribution in [2.24, 2.45) is 5.92 Å². The molecule has 0 heterocycles. The first kappa shape index (κ1) is 16.5. The van der Waals surface area contributed by atoms with Crippen LogP contribution >= 0.6 is 0 Å². The molecule has 2 aliphatic carbocycles. The lowest BCUT2D eigenvalue weighted by Crippen LogP contribution is -2.56. The fourth-order valence-corrected chi connectivity index (χ4v) is 3.36. The molecule has 122 valence electrons. The number of carboxylic acid groups (broad SMARTS) is 1. The third-order valence-electron chi connectivity index (χ3n) is 4.55. The zero-order chi connectivity index (χ0) is 15.7. The molecule has 0 radical (unpaired) electrons. The minimum absolute atomic E-state index is 0.0914. The highest BCUT2D eigenvalue weighted by atomic mass is 19.4. The molecule has 0 aromatic heterocycles.